The first-order valence-corrected chi connectivity index (χ1v) is 11.0. The van der Waals surface area contributed by atoms with Gasteiger partial charge in [-0.15, -0.1) is 12.6 Å². The van der Waals surface area contributed by atoms with Gasteiger partial charge in [-0.25, -0.2) is 0 Å². The predicted molar refractivity (Wildman–Crippen MR) is 104 cm³/mol. The van der Waals surface area contributed by atoms with Gasteiger partial charge in [-0.1, -0.05) is 38.1 Å². The third-order valence-electron chi connectivity index (χ3n) is 4.13. The van der Waals surface area contributed by atoms with Gasteiger partial charge in [0.05, 0.1) is 4.75 Å². The molecular formula is C18H26O8S2. The molecule has 0 saturated carbocycles. The van der Waals surface area contributed by atoms with Crippen LogP contribution in [0.25, 0.3) is 0 Å². The summed E-state index contributed by atoms with van der Waals surface area (Å²) in [5.41, 5.74) is 1.01. The van der Waals surface area contributed by atoms with Crippen LogP contribution >= 0.6 is 0 Å². The van der Waals surface area contributed by atoms with Gasteiger partial charge in [0.15, 0.2) is 11.6 Å². The Morgan fingerprint density at radius 1 is 0.964 bits per heavy atom. The molecule has 8 nitrogen and oxygen atoms in total. The number of hydrogen-bond donors (Lipinski definition) is 1. The zero-order chi connectivity index (χ0) is 22.1. The average Bonchev–Trinajstić information content (AvgIpc) is 2.56. The zero-order valence-corrected chi connectivity index (χ0v) is 18.0. The van der Waals surface area contributed by atoms with Gasteiger partial charge >= 0.3 is 10.6 Å². The molecule has 0 aliphatic carbocycles. The van der Waals surface area contributed by atoms with Crippen LogP contribution in [0, 0.1) is 5.92 Å². The van der Waals surface area contributed by atoms with E-state index in [1.54, 1.807) is 24.3 Å². The smallest absolute Gasteiger partial charge is 0.294 e. The van der Waals surface area contributed by atoms with E-state index in [1.165, 1.54) is 13.8 Å². The van der Waals surface area contributed by atoms with E-state index in [0.717, 1.165) is 6.42 Å². The number of ketones is 2. The fraction of sp³-hybridized carbons (Fsp3) is 0.556. The van der Waals surface area contributed by atoms with Gasteiger partial charge in [0, 0.05) is 24.0 Å². The Hall–Kier alpha value is -1.91. The second kappa shape index (κ2) is 11.2. The number of hydrogen-bond acceptors (Lipinski definition) is 7. The topological polar surface area (TPSA) is 140 Å². The van der Waals surface area contributed by atoms with Crippen LogP contribution < -0.4 is 0 Å². The lowest BCUT2D eigenvalue weighted by Crippen LogP contribution is -2.31. The van der Waals surface area contributed by atoms with E-state index < -0.39 is 25.5 Å². The van der Waals surface area contributed by atoms with Gasteiger partial charge in [-0.05, 0) is 32.6 Å². The molecule has 0 amide bonds. The summed E-state index contributed by atoms with van der Waals surface area (Å²) in [5, 5.41) is 0. The van der Waals surface area contributed by atoms with E-state index in [9.17, 15) is 18.0 Å². The van der Waals surface area contributed by atoms with Crippen LogP contribution in [-0.4, -0.2) is 41.9 Å². The fourth-order valence-corrected chi connectivity index (χ4v) is 2.45. The van der Waals surface area contributed by atoms with Gasteiger partial charge in [0.1, 0.15) is 0 Å². The van der Waals surface area contributed by atoms with Crippen LogP contribution in [-0.2, 0) is 20.7 Å². The van der Waals surface area contributed by atoms with Crippen LogP contribution in [0.3, 0.4) is 0 Å². The molecule has 1 aromatic carbocycles. The monoisotopic (exact) mass is 434 g/mol. The highest BCUT2D eigenvalue weighted by Gasteiger charge is 2.32. The Morgan fingerprint density at radius 3 is 1.64 bits per heavy atom. The third kappa shape index (κ3) is 9.86. The Bertz CT molecular complexity index is 874. The quantitative estimate of drug-likeness (QED) is 0.462. The maximum absolute atomic E-state index is 12.2. The molecule has 1 rings (SSSR count). The van der Waals surface area contributed by atoms with Crippen molar-refractivity contribution < 1.29 is 35.2 Å². The molecule has 28 heavy (non-hydrogen) atoms. The van der Waals surface area contributed by atoms with Gasteiger partial charge in [-0.2, -0.15) is 8.42 Å². The fourth-order valence-electron chi connectivity index (χ4n) is 2.09. The van der Waals surface area contributed by atoms with E-state index >= 15 is 0 Å². The standard InChI is InChI=1S/C18H26O5S.O3S/c1-13(2)5-10-16(19)14-6-8-15(9-7-14)17(20)11-12-18(3,4)24(21,22)23;1-4(2)3/h6-9,13H,5,10-12H2,1-4H3,(H,21,22,23);. The van der Waals surface area contributed by atoms with E-state index in [0.29, 0.717) is 23.5 Å². The lowest BCUT2D eigenvalue weighted by atomic mass is 9.97. The Balaban J connectivity index is 0.00000165. The summed E-state index contributed by atoms with van der Waals surface area (Å²) >= 11 is 0. The summed E-state index contributed by atoms with van der Waals surface area (Å²) in [7, 11) is -7.32. The van der Waals surface area contributed by atoms with E-state index in [1.807, 2.05) is 0 Å². The first-order chi connectivity index (χ1) is 12.7. The zero-order valence-electron chi connectivity index (χ0n) is 16.3. The first-order valence-electron chi connectivity index (χ1n) is 8.57. The van der Waals surface area contributed by atoms with Gasteiger partial charge in [-0.3, -0.25) is 14.1 Å². The average molecular weight is 435 g/mol. The van der Waals surface area contributed by atoms with Crippen LogP contribution in [0.15, 0.2) is 24.3 Å². The van der Waals surface area contributed by atoms with Crippen molar-refractivity contribution in [3.8, 4) is 0 Å². The van der Waals surface area contributed by atoms with Crippen molar-refractivity contribution in [1.29, 1.82) is 0 Å². The summed E-state index contributed by atoms with van der Waals surface area (Å²) in [6.45, 7) is 6.88. The summed E-state index contributed by atoms with van der Waals surface area (Å²) in [5.74, 6) is 0.295. The van der Waals surface area contributed by atoms with E-state index in [2.05, 4.69) is 13.8 Å². The lowest BCUT2D eigenvalue weighted by Gasteiger charge is -2.20. The molecule has 0 bridgehead atoms. The van der Waals surface area contributed by atoms with E-state index in [-0.39, 0.29) is 24.4 Å². The minimum atomic E-state index is -4.21. The molecule has 10 heteroatoms. The minimum Gasteiger partial charge on any atom is -0.294 e. The van der Waals surface area contributed by atoms with E-state index in [4.69, 9.17) is 17.2 Å². The Kier molecular flexibility index (Phi) is 10.4. The molecule has 0 radical (unpaired) electrons. The Morgan fingerprint density at radius 2 is 1.32 bits per heavy atom. The van der Waals surface area contributed by atoms with Crippen molar-refractivity contribution in [2.45, 2.75) is 58.1 Å². The van der Waals surface area contributed by atoms with Crippen LogP contribution in [0.2, 0.25) is 0 Å². The van der Waals surface area contributed by atoms with Crippen molar-refractivity contribution >= 4 is 32.3 Å². The molecule has 1 N–H and O–H groups in total. The highest BCUT2D eigenvalue weighted by atomic mass is 32.2. The van der Waals surface area contributed by atoms with Gasteiger partial charge in [0.2, 0.25) is 0 Å². The molecule has 0 unspecified atom stereocenters. The molecule has 0 atom stereocenters. The van der Waals surface area contributed by atoms with Gasteiger partial charge in [0.25, 0.3) is 10.1 Å². The SMILES string of the molecule is CC(C)CCC(=O)c1ccc(C(=O)CCC(C)(C)S(=O)(=O)O)cc1.O=S(=O)=O. The number of rotatable bonds is 9. The van der Waals surface area contributed by atoms with Crippen molar-refractivity contribution in [2.24, 2.45) is 5.92 Å². The van der Waals surface area contributed by atoms with Crippen molar-refractivity contribution in [1.82, 2.24) is 0 Å². The molecular weight excluding hydrogens is 408 g/mol. The van der Waals surface area contributed by atoms with Crippen molar-refractivity contribution in [3.63, 3.8) is 0 Å². The predicted octanol–water partition coefficient (Wildman–Crippen LogP) is 2.93. The van der Waals surface area contributed by atoms with Crippen LogP contribution in [0.4, 0.5) is 0 Å². The summed E-state index contributed by atoms with van der Waals surface area (Å²) in [6.07, 6.45) is 1.34. The maximum Gasteiger partial charge on any atom is 0.425 e. The number of carbonyl (C=O) groups is 2. The molecule has 0 saturated heterocycles. The first kappa shape index (κ1) is 26.1. The number of carbonyl (C=O) groups excluding carboxylic acids is 2. The normalized spacial score (nSPS) is 11.5. The summed E-state index contributed by atoms with van der Waals surface area (Å²) in [6, 6.07) is 6.43. The second-order valence-electron chi connectivity index (χ2n) is 7.30. The summed E-state index contributed by atoms with van der Waals surface area (Å²) in [4.78, 5) is 24.2. The maximum atomic E-state index is 12.2. The molecule has 0 heterocycles. The van der Waals surface area contributed by atoms with Crippen molar-refractivity contribution in [3.05, 3.63) is 35.4 Å². The molecule has 0 aliphatic heterocycles. The Labute approximate surface area is 167 Å². The largest absolute Gasteiger partial charge is 0.425 e. The number of Topliss-reactive ketones (excluding diaryl/α,β-unsaturated/α-hetero) is 2. The molecule has 0 aromatic heterocycles. The second-order valence-corrected chi connectivity index (χ2v) is 9.76. The van der Waals surface area contributed by atoms with Crippen LogP contribution in [0.1, 0.15) is 74.1 Å². The highest BCUT2D eigenvalue weighted by Crippen LogP contribution is 2.23. The molecule has 1 aromatic rings. The third-order valence-corrected chi connectivity index (χ3v) is 5.73. The molecule has 0 spiro atoms. The molecule has 0 fully saturated rings. The van der Waals surface area contributed by atoms with Crippen LogP contribution in [0.5, 0.6) is 0 Å². The minimum absolute atomic E-state index is 0.00737. The highest BCUT2D eigenvalue weighted by molar-refractivity contribution is 7.87. The molecule has 158 valence electrons. The lowest BCUT2D eigenvalue weighted by molar-refractivity contribution is 0.0964. The van der Waals surface area contributed by atoms with Crippen molar-refractivity contribution in [2.75, 3.05) is 0 Å². The molecule has 0 aliphatic rings. The summed E-state index contributed by atoms with van der Waals surface area (Å²) < 4.78 is 55.6. The number of benzene rings is 1. The van der Waals surface area contributed by atoms with Gasteiger partial charge < -0.3 is 0 Å².